The summed E-state index contributed by atoms with van der Waals surface area (Å²) in [5.74, 6) is 0. The summed E-state index contributed by atoms with van der Waals surface area (Å²) in [6, 6.07) is 37.7. The molecular formula is C55H70O21. The third-order valence-electron chi connectivity index (χ3n) is 13.6. The van der Waals surface area contributed by atoms with Crippen LogP contribution >= 0.6 is 0 Å². The Morgan fingerprint density at radius 2 is 0.724 bits per heavy atom. The molecule has 4 heterocycles. The molecule has 20 atom stereocenters. The summed E-state index contributed by atoms with van der Waals surface area (Å²) in [4.78, 5) is 0. The lowest BCUT2D eigenvalue weighted by molar-refractivity contribution is -0.397. The van der Waals surface area contributed by atoms with Gasteiger partial charge in [-0.05, 0) is 22.3 Å². The summed E-state index contributed by atoms with van der Waals surface area (Å²) >= 11 is 0. The molecule has 0 aliphatic carbocycles. The molecule has 0 spiro atoms. The summed E-state index contributed by atoms with van der Waals surface area (Å²) in [6.45, 7) is 1.43. The van der Waals surface area contributed by atoms with Gasteiger partial charge in [-0.15, -0.1) is 6.58 Å². The predicted octanol–water partition coefficient (Wildman–Crippen LogP) is 0.360. The molecule has 4 saturated heterocycles. The summed E-state index contributed by atoms with van der Waals surface area (Å²) in [5.41, 5.74) is 3.35. The van der Waals surface area contributed by atoms with Crippen LogP contribution in [0.5, 0.6) is 0 Å². The minimum Gasteiger partial charge on any atom is -0.394 e. The fourth-order valence-corrected chi connectivity index (χ4v) is 9.49. The Kier molecular flexibility index (Phi) is 21.8. The second kappa shape index (κ2) is 28.6. The van der Waals surface area contributed by atoms with E-state index in [0.717, 1.165) is 22.3 Å². The van der Waals surface area contributed by atoms with E-state index >= 15 is 0 Å². The van der Waals surface area contributed by atoms with E-state index in [-0.39, 0.29) is 39.6 Å². The first-order valence-corrected chi connectivity index (χ1v) is 25.3. The zero-order valence-corrected chi connectivity index (χ0v) is 41.7. The summed E-state index contributed by atoms with van der Waals surface area (Å²) in [7, 11) is 0. The minimum atomic E-state index is -2.02. The highest BCUT2D eigenvalue weighted by atomic mass is 16.8. The van der Waals surface area contributed by atoms with E-state index in [1.165, 1.54) is 6.08 Å². The third-order valence-corrected chi connectivity index (χ3v) is 13.6. The molecule has 9 N–H and O–H groups in total. The number of aliphatic hydroxyl groups excluding tert-OH is 9. The molecule has 4 aliphatic heterocycles. The number of hydrogen-bond acceptors (Lipinski definition) is 21. The van der Waals surface area contributed by atoms with E-state index in [9.17, 15) is 46.0 Å². The average Bonchev–Trinajstić information content (AvgIpc) is 3.46. The highest BCUT2D eigenvalue weighted by Gasteiger charge is 2.56. The SMILES string of the molecule is C=CCO[C@@H]1C(O)[C@H](O[C@@H]2C(O)[C@H](O[C@@H]3C(O)[C@H](OC4[C@H](OCc5ccccc5)OC(COCc5ccccc5)[C@H](OCc5ccccc5)[C@@H]4OCc4ccccc4)OC(CO)[C@@H]3O)OC(CO)[C@@H]2O)OC(CO)[C@@H]1O. The third kappa shape index (κ3) is 14.5. The normalized spacial score (nSPS) is 35.9. The summed E-state index contributed by atoms with van der Waals surface area (Å²) < 4.78 is 75.1. The van der Waals surface area contributed by atoms with Gasteiger partial charge in [0.25, 0.3) is 0 Å². The van der Waals surface area contributed by atoms with Crippen molar-refractivity contribution in [3.05, 3.63) is 156 Å². The number of benzene rings is 4. The molecule has 8 unspecified atom stereocenters. The maximum absolute atomic E-state index is 12.3. The largest absolute Gasteiger partial charge is 0.394 e. The van der Waals surface area contributed by atoms with Crippen molar-refractivity contribution in [3.8, 4) is 0 Å². The van der Waals surface area contributed by atoms with Crippen molar-refractivity contribution in [2.24, 2.45) is 0 Å². The van der Waals surface area contributed by atoms with Crippen LogP contribution in [0.1, 0.15) is 22.3 Å². The van der Waals surface area contributed by atoms with Crippen molar-refractivity contribution < 1.29 is 103 Å². The van der Waals surface area contributed by atoms with Gasteiger partial charge in [0.2, 0.25) is 0 Å². The standard InChI is InChI=1S/C55H70O21/c1-2-23-66-47-40(59)36(24-56)70-52(43(47)62)74-48-41(60)37(25-57)71-53(44(48)63)75-49-42(61)38(26-58)72-54(45(49)64)76-51-50(68-29-34-19-11-5-12-20-34)46(67-28-33-17-9-4-10-18-33)39(31-65-27-32-15-7-3-8-16-32)73-55(51)69-30-35-21-13-6-14-22-35/h2-22,36-64H,1,23-31H2/t36?,37?,38?,39?,40-,41-,42-,43?,44?,45?,46-,47-,48-,49-,50-,51?,52-,53-,54-,55+/m0/s1. The van der Waals surface area contributed by atoms with Gasteiger partial charge in [0.05, 0.1) is 59.5 Å². The lowest BCUT2D eigenvalue weighted by atomic mass is 9.95. The van der Waals surface area contributed by atoms with Crippen molar-refractivity contribution in [1.82, 2.24) is 0 Å². The quantitative estimate of drug-likeness (QED) is 0.0405. The first-order valence-electron chi connectivity index (χ1n) is 25.3. The van der Waals surface area contributed by atoms with E-state index in [4.69, 9.17) is 56.8 Å². The van der Waals surface area contributed by atoms with Gasteiger partial charge in [0, 0.05) is 0 Å². The Morgan fingerprint density at radius 1 is 0.368 bits per heavy atom. The Hall–Kier alpha value is -4.22. The van der Waals surface area contributed by atoms with Crippen LogP contribution in [0.2, 0.25) is 0 Å². The Balaban J connectivity index is 1.09. The topological polar surface area (TPSA) is 293 Å². The first-order chi connectivity index (χ1) is 37.0. The van der Waals surface area contributed by atoms with Crippen LogP contribution in [0.4, 0.5) is 0 Å². The van der Waals surface area contributed by atoms with Gasteiger partial charge < -0.3 is 103 Å². The second-order valence-electron chi connectivity index (χ2n) is 18.9. The fourth-order valence-electron chi connectivity index (χ4n) is 9.49. The molecule has 0 bridgehead atoms. The van der Waals surface area contributed by atoms with E-state index < -0.39 is 143 Å². The molecule has 0 aromatic heterocycles. The highest BCUT2D eigenvalue weighted by molar-refractivity contribution is 5.17. The smallest absolute Gasteiger partial charge is 0.187 e. The molecule has 0 saturated carbocycles. The Morgan fingerprint density at radius 3 is 1.14 bits per heavy atom. The zero-order valence-electron chi connectivity index (χ0n) is 41.7. The van der Waals surface area contributed by atoms with Gasteiger partial charge in [-0.25, -0.2) is 0 Å². The van der Waals surface area contributed by atoms with Crippen LogP contribution in [-0.4, -0.2) is 202 Å². The summed E-state index contributed by atoms with van der Waals surface area (Å²) in [5, 5.41) is 100. The van der Waals surface area contributed by atoms with Crippen LogP contribution in [0.15, 0.2) is 134 Å². The molecule has 76 heavy (non-hydrogen) atoms. The number of hydrogen-bond donors (Lipinski definition) is 9. The minimum absolute atomic E-state index is 0.00609. The van der Waals surface area contributed by atoms with Gasteiger partial charge >= 0.3 is 0 Å². The monoisotopic (exact) mass is 1070 g/mol. The molecule has 8 rings (SSSR count). The zero-order chi connectivity index (χ0) is 53.6. The maximum Gasteiger partial charge on any atom is 0.187 e. The van der Waals surface area contributed by atoms with Crippen molar-refractivity contribution in [3.63, 3.8) is 0 Å². The molecule has 4 fully saturated rings. The lowest BCUT2D eigenvalue weighted by Crippen LogP contribution is -2.68. The van der Waals surface area contributed by atoms with Gasteiger partial charge in [-0.3, -0.25) is 0 Å². The lowest BCUT2D eigenvalue weighted by Gasteiger charge is -2.50. The van der Waals surface area contributed by atoms with Crippen LogP contribution < -0.4 is 0 Å². The van der Waals surface area contributed by atoms with E-state index in [1.54, 1.807) is 0 Å². The van der Waals surface area contributed by atoms with Gasteiger partial charge in [-0.2, -0.15) is 0 Å². The predicted molar refractivity (Wildman–Crippen MR) is 264 cm³/mol. The molecule has 0 radical (unpaired) electrons. The van der Waals surface area contributed by atoms with Crippen LogP contribution in [0.3, 0.4) is 0 Å². The van der Waals surface area contributed by atoms with Crippen molar-refractivity contribution in [1.29, 1.82) is 0 Å². The average molecular weight is 1070 g/mol. The fraction of sp³-hybridized carbons (Fsp3) is 0.527. The number of rotatable bonds is 25. The molecule has 4 aromatic carbocycles. The van der Waals surface area contributed by atoms with Gasteiger partial charge in [-0.1, -0.05) is 127 Å². The number of ether oxygens (including phenoxy) is 12. The van der Waals surface area contributed by atoms with Crippen molar-refractivity contribution in [2.75, 3.05) is 33.0 Å². The van der Waals surface area contributed by atoms with E-state index in [1.807, 2.05) is 121 Å². The van der Waals surface area contributed by atoms with E-state index in [2.05, 4.69) is 6.58 Å². The molecule has 21 heteroatoms. The molecular weight excluding hydrogens is 997 g/mol. The van der Waals surface area contributed by atoms with Gasteiger partial charge in [0.1, 0.15) is 97.7 Å². The second-order valence-corrected chi connectivity index (χ2v) is 18.9. The molecule has 21 nitrogen and oxygen atoms in total. The Labute approximate surface area is 440 Å². The van der Waals surface area contributed by atoms with Crippen LogP contribution in [-0.2, 0) is 83.3 Å². The Bertz CT molecular complexity index is 2270. The molecule has 4 aliphatic rings. The molecule has 0 amide bonds. The number of aliphatic hydroxyl groups is 9. The van der Waals surface area contributed by atoms with Crippen molar-refractivity contribution in [2.45, 2.75) is 149 Å². The molecule has 416 valence electrons. The molecule has 4 aromatic rings. The first kappa shape index (κ1) is 57.9. The summed E-state index contributed by atoms with van der Waals surface area (Å²) in [6.07, 6.45) is -29.9. The highest BCUT2D eigenvalue weighted by Crippen LogP contribution is 2.37. The van der Waals surface area contributed by atoms with Crippen LogP contribution in [0, 0.1) is 0 Å². The van der Waals surface area contributed by atoms with Crippen LogP contribution in [0.25, 0.3) is 0 Å². The maximum atomic E-state index is 12.3. The van der Waals surface area contributed by atoms with Gasteiger partial charge in [0.15, 0.2) is 25.2 Å². The van der Waals surface area contributed by atoms with Crippen molar-refractivity contribution >= 4 is 0 Å². The van der Waals surface area contributed by atoms with E-state index in [0.29, 0.717) is 0 Å².